The number of hydrogen-bond donors (Lipinski definition) is 2. The molecular formula is C24H20Cl3N3O4. The Kier molecular flexibility index (Phi) is 9.16. The summed E-state index contributed by atoms with van der Waals surface area (Å²) in [7, 11) is 0. The zero-order valence-corrected chi connectivity index (χ0v) is 20.2. The molecule has 0 bridgehead atoms. The van der Waals surface area contributed by atoms with Crippen molar-refractivity contribution in [1.82, 2.24) is 5.43 Å². The Labute approximate surface area is 211 Å². The van der Waals surface area contributed by atoms with Crippen molar-refractivity contribution in [3.8, 4) is 11.5 Å². The number of hydrogen-bond acceptors (Lipinski definition) is 5. The SMILES string of the molecule is CCOc1cc(C=NNC(=O)C(=O)Nc2cccc(Cl)c2)ccc1OCc1c(Cl)cccc1Cl. The van der Waals surface area contributed by atoms with Crippen molar-refractivity contribution in [3.05, 3.63) is 86.9 Å². The number of hydrazone groups is 1. The lowest BCUT2D eigenvalue weighted by Crippen LogP contribution is -2.32. The summed E-state index contributed by atoms with van der Waals surface area (Å²) >= 11 is 18.3. The topological polar surface area (TPSA) is 89.0 Å². The summed E-state index contributed by atoms with van der Waals surface area (Å²) in [4.78, 5) is 24.0. The largest absolute Gasteiger partial charge is 0.490 e. The van der Waals surface area contributed by atoms with E-state index in [2.05, 4.69) is 15.8 Å². The molecule has 0 aliphatic carbocycles. The molecule has 0 saturated carbocycles. The van der Waals surface area contributed by atoms with Crippen LogP contribution >= 0.6 is 34.8 Å². The Balaban J connectivity index is 1.62. The van der Waals surface area contributed by atoms with Gasteiger partial charge in [0.2, 0.25) is 0 Å². The maximum Gasteiger partial charge on any atom is 0.329 e. The van der Waals surface area contributed by atoms with Crippen LogP contribution in [-0.2, 0) is 16.2 Å². The molecule has 3 rings (SSSR count). The highest BCUT2D eigenvalue weighted by Gasteiger charge is 2.13. The summed E-state index contributed by atoms with van der Waals surface area (Å²) in [5.41, 5.74) is 3.85. The van der Waals surface area contributed by atoms with Crippen molar-refractivity contribution in [2.24, 2.45) is 5.10 Å². The molecule has 0 radical (unpaired) electrons. The predicted octanol–water partition coefficient (Wildman–Crippen LogP) is 5.71. The quantitative estimate of drug-likeness (QED) is 0.226. The van der Waals surface area contributed by atoms with Gasteiger partial charge in [-0.1, -0.05) is 46.9 Å². The average molecular weight is 521 g/mol. The number of nitrogens with one attached hydrogen (secondary N) is 2. The lowest BCUT2D eigenvalue weighted by Gasteiger charge is -2.14. The first-order valence-electron chi connectivity index (χ1n) is 10.1. The highest BCUT2D eigenvalue weighted by Crippen LogP contribution is 2.31. The molecule has 3 aromatic carbocycles. The van der Waals surface area contributed by atoms with Crippen molar-refractivity contribution in [2.45, 2.75) is 13.5 Å². The van der Waals surface area contributed by atoms with Gasteiger partial charge in [-0.25, -0.2) is 5.43 Å². The van der Waals surface area contributed by atoms with E-state index < -0.39 is 11.8 Å². The van der Waals surface area contributed by atoms with Crippen molar-refractivity contribution >= 4 is 58.5 Å². The molecule has 0 aliphatic heterocycles. The van der Waals surface area contributed by atoms with Gasteiger partial charge in [0.1, 0.15) is 6.61 Å². The van der Waals surface area contributed by atoms with E-state index in [9.17, 15) is 9.59 Å². The van der Waals surface area contributed by atoms with Crippen LogP contribution in [0.5, 0.6) is 11.5 Å². The molecule has 0 fully saturated rings. The van der Waals surface area contributed by atoms with Crippen LogP contribution in [0.4, 0.5) is 5.69 Å². The number of nitrogens with zero attached hydrogens (tertiary/aromatic N) is 1. The second-order valence-corrected chi connectivity index (χ2v) is 8.04. The van der Waals surface area contributed by atoms with Crippen LogP contribution in [0.3, 0.4) is 0 Å². The molecule has 2 amide bonds. The van der Waals surface area contributed by atoms with Crippen LogP contribution in [-0.4, -0.2) is 24.6 Å². The van der Waals surface area contributed by atoms with E-state index in [1.54, 1.807) is 54.6 Å². The molecule has 176 valence electrons. The standard InChI is InChI=1S/C24H20Cl3N3O4/c1-2-33-22-11-15(9-10-21(22)34-14-18-19(26)7-4-8-20(18)27)13-28-30-24(32)23(31)29-17-6-3-5-16(25)12-17/h3-13H,2,14H2,1H3,(H,29,31)(H,30,32). The minimum Gasteiger partial charge on any atom is -0.490 e. The maximum atomic E-state index is 12.0. The Morgan fingerprint density at radius 3 is 2.35 bits per heavy atom. The van der Waals surface area contributed by atoms with Gasteiger partial charge in [0, 0.05) is 26.3 Å². The predicted molar refractivity (Wildman–Crippen MR) is 134 cm³/mol. The van der Waals surface area contributed by atoms with Crippen LogP contribution in [0.15, 0.2) is 65.8 Å². The Morgan fingerprint density at radius 1 is 0.912 bits per heavy atom. The van der Waals surface area contributed by atoms with Crippen molar-refractivity contribution < 1.29 is 19.1 Å². The third-order valence-corrected chi connectivity index (χ3v) is 5.31. The molecule has 0 heterocycles. The fourth-order valence-corrected chi connectivity index (χ4v) is 3.48. The summed E-state index contributed by atoms with van der Waals surface area (Å²) in [6, 6.07) is 16.8. The molecule has 0 unspecified atom stereocenters. The van der Waals surface area contributed by atoms with Gasteiger partial charge in [-0.2, -0.15) is 5.10 Å². The summed E-state index contributed by atoms with van der Waals surface area (Å²) in [6.45, 7) is 2.41. The normalized spacial score (nSPS) is 10.7. The number of benzene rings is 3. The van der Waals surface area contributed by atoms with E-state index in [0.717, 1.165) is 0 Å². The molecule has 0 aromatic heterocycles. The van der Waals surface area contributed by atoms with E-state index in [1.807, 2.05) is 6.92 Å². The van der Waals surface area contributed by atoms with Gasteiger partial charge in [0.15, 0.2) is 11.5 Å². The Bertz CT molecular complexity index is 1200. The van der Waals surface area contributed by atoms with E-state index in [0.29, 0.717) is 50.0 Å². The van der Waals surface area contributed by atoms with Crippen LogP contribution in [0.1, 0.15) is 18.1 Å². The number of rotatable bonds is 8. The molecule has 10 heteroatoms. The van der Waals surface area contributed by atoms with Crippen molar-refractivity contribution in [1.29, 1.82) is 0 Å². The van der Waals surface area contributed by atoms with Gasteiger partial charge in [-0.05, 0) is 61.0 Å². The fourth-order valence-electron chi connectivity index (χ4n) is 2.78. The lowest BCUT2D eigenvalue weighted by molar-refractivity contribution is -0.136. The van der Waals surface area contributed by atoms with Gasteiger partial charge >= 0.3 is 11.8 Å². The zero-order chi connectivity index (χ0) is 24.5. The molecule has 3 aromatic rings. The van der Waals surface area contributed by atoms with Gasteiger partial charge < -0.3 is 14.8 Å². The van der Waals surface area contributed by atoms with Gasteiger partial charge in [-0.15, -0.1) is 0 Å². The Morgan fingerprint density at radius 2 is 1.65 bits per heavy atom. The molecule has 34 heavy (non-hydrogen) atoms. The lowest BCUT2D eigenvalue weighted by atomic mass is 10.2. The Hall–Kier alpha value is -3.26. The summed E-state index contributed by atoms with van der Waals surface area (Å²) < 4.78 is 11.5. The summed E-state index contributed by atoms with van der Waals surface area (Å²) in [6.07, 6.45) is 1.38. The molecule has 0 spiro atoms. The second-order valence-electron chi connectivity index (χ2n) is 6.79. The van der Waals surface area contributed by atoms with E-state index in [4.69, 9.17) is 44.3 Å². The number of carbonyl (C=O) groups is 2. The highest BCUT2D eigenvalue weighted by molar-refractivity contribution is 6.40. The second kappa shape index (κ2) is 12.3. The van der Waals surface area contributed by atoms with Gasteiger partial charge in [0.05, 0.1) is 12.8 Å². The monoisotopic (exact) mass is 519 g/mol. The molecule has 0 atom stereocenters. The first kappa shape index (κ1) is 25.4. The number of ether oxygens (including phenoxy) is 2. The fraction of sp³-hybridized carbons (Fsp3) is 0.125. The molecule has 0 aliphatic rings. The zero-order valence-electron chi connectivity index (χ0n) is 18.0. The smallest absolute Gasteiger partial charge is 0.329 e. The number of halogens is 3. The van der Waals surface area contributed by atoms with E-state index in [-0.39, 0.29) is 6.61 Å². The highest BCUT2D eigenvalue weighted by atomic mass is 35.5. The van der Waals surface area contributed by atoms with Crippen molar-refractivity contribution in [3.63, 3.8) is 0 Å². The summed E-state index contributed by atoms with van der Waals surface area (Å²) in [5, 5.41) is 7.70. The first-order valence-corrected chi connectivity index (χ1v) is 11.2. The van der Waals surface area contributed by atoms with Gasteiger partial charge in [0.25, 0.3) is 0 Å². The van der Waals surface area contributed by atoms with Crippen LogP contribution in [0.2, 0.25) is 15.1 Å². The molecule has 2 N–H and O–H groups in total. The molecule has 0 saturated heterocycles. The molecule has 7 nitrogen and oxygen atoms in total. The van der Waals surface area contributed by atoms with E-state index in [1.165, 1.54) is 12.3 Å². The average Bonchev–Trinajstić information content (AvgIpc) is 2.80. The van der Waals surface area contributed by atoms with Crippen LogP contribution in [0.25, 0.3) is 0 Å². The third kappa shape index (κ3) is 7.12. The number of anilines is 1. The minimum atomic E-state index is -0.933. The minimum absolute atomic E-state index is 0.157. The van der Waals surface area contributed by atoms with Crippen LogP contribution < -0.4 is 20.2 Å². The molecular weight excluding hydrogens is 501 g/mol. The maximum absolute atomic E-state index is 12.0. The summed E-state index contributed by atoms with van der Waals surface area (Å²) in [5.74, 6) is -0.853. The number of amides is 2. The number of carbonyl (C=O) groups excluding carboxylic acids is 2. The van der Waals surface area contributed by atoms with Crippen molar-refractivity contribution in [2.75, 3.05) is 11.9 Å². The third-order valence-electron chi connectivity index (χ3n) is 4.37. The van der Waals surface area contributed by atoms with Crippen LogP contribution in [0, 0.1) is 0 Å². The first-order chi connectivity index (χ1) is 16.4. The van der Waals surface area contributed by atoms with E-state index >= 15 is 0 Å². The van der Waals surface area contributed by atoms with Gasteiger partial charge in [-0.3, -0.25) is 9.59 Å².